The maximum absolute atomic E-state index is 12.8. The van der Waals surface area contributed by atoms with E-state index in [4.69, 9.17) is 9.47 Å². The predicted molar refractivity (Wildman–Crippen MR) is 123 cm³/mol. The van der Waals surface area contributed by atoms with Gasteiger partial charge in [-0.15, -0.1) is 0 Å². The van der Waals surface area contributed by atoms with Crippen molar-refractivity contribution in [3.8, 4) is 0 Å². The summed E-state index contributed by atoms with van der Waals surface area (Å²) in [6, 6.07) is 11.5. The Kier molecular flexibility index (Phi) is 7.96. The van der Waals surface area contributed by atoms with E-state index in [1.165, 1.54) is 18.2 Å². The van der Waals surface area contributed by atoms with Gasteiger partial charge in [0, 0.05) is 41.2 Å². The van der Waals surface area contributed by atoms with E-state index in [0.717, 1.165) is 22.5 Å². The number of hydrogen-bond donors (Lipinski definition) is 2. The van der Waals surface area contributed by atoms with Crippen molar-refractivity contribution in [2.24, 2.45) is 5.92 Å². The Labute approximate surface area is 195 Å². The number of carbonyl (C=O) groups is 3. The van der Waals surface area contributed by atoms with E-state index in [2.05, 4.69) is 10.3 Å². The van der Waals surface area contributed by atoms with Crippen molar-refractivity contribution >= 4 is 34.4 Å². The predicted octanol–water partition coefficient (Wildman–Crippen LogP) is 3.80. The summed E-state index contributed by atoms with van der Waals surface area (Å²) >= 11 is 0. The number of benzene rings is 2. The number of aromatic amines is 1. The lowest BCUT2D eigenvalue weighted by atomic mass is 10.1. The summed E-state index contributed by atoms with van der Waals surface area (Å²) in [5, 5.41) is 14.3. The number of fused-ring (bicyclic) bond motifs is 1. The number of ether oxygens (including phenoxy) is 2. The summed E-state index contributed by atoms with van der Waals surface area (Å²) in [5.74, 6) is -1.33. The molecule has 3 rings (SSSR count). The van der Waals surface area contributed by atoms with Gasteiger partial charge in [-0.05, 0) is 17.5 Å². The minimum atomic E-state index is -1.11. The van der Waals surface area contributed by atoms with Gasteiger partial charge in [-0.3, -0.25) is 14.9 Å². The fourth-order valence-corrected chi connectivity index (χ4v) is 3.25. The second kappa shape index (κ2) is 11.1. The highest BCUT2D eigenvalue weighted by molar-refractivity contribution is 5.98. The molecular formula is C24H25N3O7. The van der Waals surface area contributed by atoms with Crippen LogP contribution in [0.3, 0.4) is 0 Å². The zero-order valence-electron chi connectivity index (χ0n) is 18.8. The average molecular weight is 467 g/mol. The molecule has 0 saturated carbocycles. The van der Waals surface area contributed by atoms with E-state index in [1.54, 1.807) is 6.20 Å². The molecule has 1 aromatic heterocycles. The fraction of sp³-hybridized carbons (Fsp3) is 0.292. The number of nitro benzene ring substituents is 1. The van der Waals surface area contributed by atoms with Gasteiger partial charge in [0.25, 0.3) is 5.69 Å². The van der Waals surface area contributed by atoms with E-state index in [1.807, 2.05) is 38.1 Å². The Hall–Kier alpha value is -4.21. The molecule has 1 atom stereocenters. The quantitative estimate of drug-likeness (QED) is 0.200. The molecule has 178 valence electrons. The second-order valence-electron chi connectivity index (χ2n) is 8.09. The number of nitrogens with one attached hydrogen (secondary N) is 2. The van der Waals surface area contributed by atoms with Crippen molar-refractivity contribution in [3.63, 3.8) is 0 Å². The average Bonchev–Trinajstić information content (AvgIpc) is 3.23. The summed E-state index contributed by atoms with van der Waals surface area (Å²) in [4.78, 5) is 50.9. The standard InChI is InChI=1S/C24H25N3O7/c1-15(2)13-34-24(30)26-21(11-17-12-25-20-9-4-3-8-19(17)20)23(29)33-14-22(28)16-6-5-7-18(10-16)27(31)32/h3-10,12,15,21,25H,11,13-14H2,1-2H3,(H,26,30)/t21-/m1/s1. The first-order chi connectivity index (χ1) is 16.2. The zero-order chi connectivity index (χ0) is 24.7. The van der Waals surface area contributed by atoms with Crippen LogP contribution in [-0.4, -0.2) is 47.0 Å². The number of rotatable bonds is 10. The van der Waals surface area contributed by atoms with Crippen molar-refractivity contribution in [2.45, 2.75) is 26.3 Å². The number of H-pyrrole nitrogens is 1. The summed E-state index contributed by atoms with van der Waals surface area (Å²) < 4.78 is 10.3. The monoisotopic (exact) mass is 467 g/mol. The van der Waals surface area contributed by atoms with Crippen LogP contribution in [0.4, 0.5) is 10.5 Å². The van der Waals surface area contributed by atoms with Crippen LogP contribution < -0.4 is 5.32 Å². The molecule has 0 aliphatic carbocycles. The van der Waals surface area contributed by atoms with Crippen LogP contribution in [0, 0.1) is 16.0 Å². The summed E-state index contributed by atoms with van der Waals surface area (Å²) in [6.07, 6.45) is 1.06. The van der Waals surface area contributed by atoms with Gasteiger partial charge in [-0.1, -0.05) is 44.2 Å². The van der Waals surface area contributed by atoms with Gasteiger partial charge in [0.1, 0.15) is 6.04 Å². The lowest BCUT2D eigenvalue weighted by Gasteiger charge is -2.18. The van der Waals surface area contributed by atoms with Gasteiger partial charge in [-0.2, -0.15) is 0 Å². The lowest BCUT2D eigenvalue weighted by molar-refractivity contribution is -0.384. The topological polar surface area (TPSA) is 141 Å². The smallest absolute Gasteiger partial charge is 0.407 e. The maximum Gasteiger partial charge on any atom is 0.407 e. The number of ketones is 1. The number of aromatic nitrogens is 1. The Morgan fingerprint density at radius 1 is 1.09 bits per heavy atom. The van der Waals surface area contributed by atoms with E-state index in [0.29, 0.717) is 0 Å². The highest BCUT2D eigenvalue weighted by Gasteiger charge is 2.26. The van der Waals surface area contributed by atoms with Crippen molar-refractivity contribution in [2.75, 3.05) is 13.2 Å². The molecule has 3 aromatic rings. The van der Waals surface area contributed by atoms with Crippen molar-refractivity contribution in [1.82, 2.24) is 10.3 Å². The first-order valence-electron chi connectivity index (χ1n) is 10.7. The number of Topliss-reactive ketones (excluding diaryl/α,β-unsaturated/α-hetero) is 1. The van der Waals surface area contributed by atoms with Crippen LogP contribution in [0.25, 0.3) is 10.9 Å². The Morgan fingerprint density at radius 2 is 1.85 bits per heavy atom. The number of alkyl carbamates (subject to hydrolysis) is 1. The lowest BCUT2D eigenvalue weighted by Crippen LogP contribution is -2.44. The van der Waals surface area contributed by atoms with Gasteiger partial charge in [0.15, 0.2) is 6.61 Å². The van der Waals surface area contributed by atoms with Crippen molar-refractivity contribution < 1.29 is 28.8 Å². The molecule has 0 saturated heterocycles. The van der Waals surface area contributed by atoms with Gasteiger partial charge >= 0.3 is 12.1 Å². The largest absolute Gasteiger partial charge is 0.456 e. The molecule has 0 bridgehead atoms. The first kappa shape index (κ1) is 24.4. The number of para-hydroxylation sites is 1. The third kappa shape index (κ3) is 6.41. The third-order valence-corrected chi connectivity index (χ3v) is 4.95. The minimum absolute atomic E-state index is 0.0412. The molecule has 0 aliphatic rings. The van der Waals surface area contributed by atoms with Crippen LogP contribution in [0.5, 0.6) is 0 Å². The van der Waals surface area contributed by atoms with Crippen LogP contribution in [0.15, 0.2) is 54.7 Å². The Morgan fingerprint density at radius 3 is 2.59 bits per heavy atom. The molecule has 0 radical (unpaired) electrons. The molecule has 10 heteroatoms. The van der Waals surface area contributed by atoms with Crippen molar-refractivity contribution in [1.29, 1.82) is 0 Å². The molecular weight excluding hydrogens is 442 g/mol. The van der Waals surface area contributed by atoms with Gasteiger partial charge < -0.3 is 19.8 Å². The summed E-state index contributed by atoms with van der Waals surface area (Å²) in [6.45, 7) is 3.30. The van der Waals surface area contributed by atoms with E-state index >= 15 is 0 Å². The third-order valence-electron chi connectivity index (χ3n) is 4.95. The zero-order valence-corrected chi connectivity index (χ0v) is 18.8. The second-order valence-corrected chi connectivity index (χ2v) is 8.09. The Balaban J connectivity index is 1.71. The number of nitro groups is 1. The van der Waals surface area contributed by atoms with Crippen LogP contribution in [-0.2, 0) is 20.7 Å². The molecule has 0 fully saturated rings. The number of hydrogen-bond acceptors (Lipinski definition) is 7. The van der Waals surface area contributed by atoms with E-state index < -0.39 is 35.4 Å². The highest BCUT2D eigenvalue weighted by atomic mass is 16.6. The molecule has 0 aliphatic heterocycles. The molecule has 0 spiro atoms. The van der Waals surface area contributed by atoms with Crippen LogP contribution >= 0.6 is 0 Å². The number of non-ortho nitro benzene ring substituents is 1. The molecule has 2 aromatic carbocycles. The number of amides is 1. The highest BCUT2D eigenvalue weighted by Crippen LogP contribution is 2.20. The number of carbonyl (C=O) groups excluding carboxylic acids is 3. The molecule has 2 N–H and O–H groups in total. The van der Waals surface area contributed by atoms with Crippen LogP contribution in [0.1, 0.15) is 29.8 Å². The van der Waals surface area contributed by atoms with E-state index in [9.17, 15) is 24.5 Å². The van der Waals surface area contributed by atoms with Crippen LogP contribution in [0.2, 0.25) is 0 Å². The molecule has 0 unspecified atom stereocenters. The first-order valence-corrected chi connectivity index (χ1v) is 10.7. The molecule has 10 nitrogen and oxygen atoms in total. The molecule has 1 heterocycles. The van der Waals surface area contributed by atoms with Gasteiger partial charge in [0.05, 0.1) is 11.5 Å². The number of nitrogens with zero attached hydrogens (tertiary/aromatic N) is 1. The SMILES string of the molecule is CC(C)COC(=O)N[C@H](Cc1c[nH]c2ccccc12)C(=O)OCC(=O)c1cccc([N+](=O)[O-])c1. The number of esters is 1. The molecule has 1 amide bonds. The van der Waals surface area contributed by atoms with Crippen molar-refractivity contribution in [3.05, 3.63) is 76.0 Å². The van der Waals surface area contributed by atoms with Gasteiger partial charge in [-0.25, -0.2) is 9.59 Å². The summed E-state index contributed by atoms with van der Waals surface area (Å²) in [5.41, 5.74) is 1.43. The maximum atomic E-state index is 12.8. The molecule has 34 heavy (non-hydrogen) atoms. The minimum Gasteiger partial charge on any atom is -0.456 e. The van der Waals surface area contributed by atoms with Gasteiger partial charge in [0.2, 0.25) is 5.78 Å². The summed E-state index contributed by atoms with van der Waals surface area (Å²) in [7, 11) is 0. The Bertz CT molecular complexity index is 1200. The van der Waals surface area contributed by atoms with E-state index in [-0.39, 0.29) is 30.2 Å². The fourth-order valence-electron chi connectivity index (χ4n) is 3.25. The normalized spacial score (nSPS) is 11.7.